The van der Waals surface area contributed by atoms with Gasteiger partial charge in [-0.3, -0.25) is 9.69 Å². The average molecular weight is 437 g/mol. The summed E-state index contributed by atoms with van der Waals surface area (Å²) in [4.78, 5) is 30.8. The molecule has 1 unspecified atom stereocenters. The van der Waals surface area contributed by atoms with Crippen LogP contribution in [-0.4, -0.2) is 28.0 Å². The molecule has 1 fully saturated rings. The monoisotopic (exact) mass is 436 g/mol. The SMILES string of the molecule is C[C@H]1CCCCC1N(C(=O)c1ccc(Oc2ccccc2)cc1)c1nc(C(=O)O)cs1. The summed E-state index contributed by atoms with van der Waals surface area (Å²) in [7, 11) is 0. The number of carboxylic acid groups (broad SMARTS) is 1. The van der Waals surface area contributed by atoms with Crippen molar-refractivity contribution in [1.29, 1.82) is 0 Å². The molecular weight excluding hydrogens is 412 g/mol. The molecule has 0 aliphatic heterocycles. The Kier molecular flexibility index (Phi) is 6.32. The molecule has 2 aromatic carbocycles. The molecule has 0 spiro atoms. The molecule has 0 bridgehead atoms. The minimum absolute atomic E-state index is 0.00529. The van der Waals surface area contributed by atoms with E-state index in [4.69, 9.17) is 4.74 Å². The number of ether oxygens (including phenoxy) is 1. The van der Waals surface area contributed by atoms with Crippen molar-refractivity contribution in [3.05, 3.63) is 71.2 Å². The molecule has 31 heavy (non-hydrogen) atoms. The van der Waals surface area contributed by atoms with Gasteiger partial charge in [0.25, 0.3) is 5.91 Å². The second kappa shape index (κ2) is 9.31. The van der Waals surface area contributed by atoms with E-state index in [1.807, 2.05) is 30.3 Å². The number of para-hydroxylation sites is 1. The zero-order valence-electron chi connectivity index (χ0n) is 17.2. The lowest BCUT2D eigenvalue weighted by molar-refractivity contribution is 0.0690. The highest BCUT2D eigenvalue weighted by Gasteiger charge is 2.34. The Morgan fingerprint density at radius 1 is 1.03 bits per heavy atom. The lowest BCUT2D eigenvalue weighted by Gasteiger charge is -2.37. The van der Waals surface area contributed by atoms with Crippen molar-refractivity contribution < 1.29 is 19.4 Å². The lowest BCUT2D eigenvalue weighted by atomic mass is 9.85. The second-order valence-corrected chi connectivity index (χ2v) is 8.60. The highest BCUT2D eigenvalue weighted by atomic mass is 32.1. The quantitative estimate of drug-likeness (QED) is 0.524. The fourth-order valence-corrected chi connectivity index (χ4v) is 4.82. The first-order chi connectivity index (χ1) is 15.0. The smallest absolute Gasteiger partial charge is 0.355 e. The van der Waals surface area contributed by atoms with Crippen molar-refractivity contribution >= 4 is 28.3 Å². The molecule has 2 atom stereocenters. The van der Waals surface area contributed by atoms with Crippen LogP contribution in [0, 0.1) is 5.92 Å². The van der Waals surface area contributed by atoms with Crippen LogP contribution < -0.4 is 9.64 Å². The van der Waals surface area contributed by atoms with Crippen molar-refractivity contribution in [2.75, 3.05) is 4.90 Å². The van der Waals surface area contributed by atoms with Crippen molar-refractivity contribution in [1.82, 2.24) is 4.98 Å². The number of carbonyl (C=O) groups is 2. The topological polar surface area (TPSA) is 79.7 Å². The summed E-state index contributed by atoms with van der Waals surface area (Å²) < 4.78 is 5.82. The standard InChI is InChI=1S/C24H24N2O4S/c1-16-7-5-6-10-21(16)26(24-25-20(15-31-24)23(28)29)22(27)17-11-13-19(14-12-17)30-18-8-3-2-4-9-18/h2-4,8-9,11-16,21H,5-7,10H2,1H3,(H,28,29)/t16-,21?/m0/s1. The Labute approximate surface area is 185 Å². The number of aromatic carboxylic acids is 1. The van der Waals surface area contributed by atoms with Crippen LogP contribution in [0.5, 0.6) is 11.5 Å². The van der Waals surface area contributed by atoms with E-state index in [1.54, 1.807) is 29.2 Å². The van der Waals surface area contributed by atoms with Gasteiger partial charge in [0.2, 0.25) is 0 Å². The number of anilines is 1. The third-order valence-electron chi connectivity index (χ3n) is 5.61. The highest BCUT2D eigenvalue weighted by Crippen LogP contribution is 2.34. The van der Waals surface area contributed by atoms with Gasteiger partial charge in [-0.2, -0.15) is 0 Å². The Hall–Kier alpha value is -3.19. The fraction of sp³-hybridized carbons (Fsp3) is 0.292. The van der Waals surface area contributed by atoms with Gasteiger partial charge in [0.05, 0.1) is 0 Å². The molecule has 1 amide bonds. The molecule has 1 N–H and O–H groups in total. The largest absolute Gasteiger partial charge is 0.476 e. The maximum atomic E-state index is 13.5. The number of aromatic nitrogens is 1. The van der Waals surface area contributed by atoms with Crippen LogP contribution in [-0.2, 0) is 0 Å². The van der Waals surface area contributed by atoms with Gasteiger partial charge in [-0.1, -0.05) is 38.0 Å². The summed E-state index contributed by atoms with van der Waals surface area (Å²) in [5.74, 6) is 0.423. The summed E-state index contributed by atoms with van der Waals surface area (Å²) in [5.41, 5.74) is 0.484. The van der Waals surface area contributed by atoms with Gasteiger partial charge in [0.15, 0.2) is 10.8 Å². The Morgan fingerprint density at radius 2 is 1.71 bits per heavy atom. The maximum Gasteiger partial charge on any atom is 0.355 e. The molecule has 1 aromatic heterocycles. The van der Waals surface area contributed by atoms with Crippen LogP contribution in [0.15, 0.2) is 60.0 Å². The molecule has 1 aliphatic carbocycles. The molecule has 1 heterocycles. The number of carboxylic acids is 1. The van der Waals surface area contributed by atoms with Gasteiger partial charge in [-0.05, 0) is 55.2 Å². The molecule has 0 saturated heterocycles. The minimum Gasteiger partial charge on any atom is -0.476 e. The highest BCUT2D eigenvalue weighted by molar-refractivity contribution is 7.14. The van der Waals surface area contributed by atoms with E-state index in [9.17, 15) is 14.7 Å². The van der Waals surface area contributed by atoms with E-state index in [1.165, 1.54) is 16.7 Å². The van der Waals surface area contributed by atoms with Gasteiger partial charge in [-0.25, -0.2) is 9.78 Å². The summed E-state index contributed by atoms with van der Waals surface area (Å²) >= 11 is 1.20. The number of thiazole rings is 1. The number of carbonyl (C=O) groups excluding carboxylic acids is 1. The predicted molar refractivity (Wildman–Crippen MR) is 120 cm³/mol. The van der Waals surface area contributed by atoms with Crippen LogP contribution in [0.1, 0.15) is 53.5 Å². The number of hydrogen-bond donors (Lipinski definition) is 1. The predicted octanol–water partition coefficient (Wildman–Crippen LogP) is 5.86. The number of rotatable bonds is 6. The molecule has 160 valence electrons. The summed E-state index contributed by atoms with van der Waals surface area (Å²) in [6, 6.07) is 16.5. The van der Waals surface area contributed by atoms with Crippen LogP contribution in [0.2, 0.25) is 0 Å². The van der Waals surface area contributed by atoms with E-state index in [-0.39, 0.29) is 17.6 Å². The summed E-state index contributed by atoms with van der Waals surface area (Å²) in [6.07, 6.45) is 4.10. The molecule has 1 aliphatic rings. The Morgan fingerprint density at radius 3 is 2.35 bits per heavy atom. The van der Waals surface area contributed by atoms with Crippen molar-refractivity contribution in [2.45, 2.75) is 38.6 Å². The van der Waals surface area contributed by atoms with Crippen molar-refractivity contribution in [3.63, 3.8) is 0 Å². The number of amides is 1. The van der Waals surface area contributed by atoms with Crippen molar-refractivity contribution in [2.24, 2.45) is 5.92 Å². The van der Waals surface area contributed by atoms with Gasteiger partial charge in [0.1, 0.15) is 11.5 Å². The van der Waals surface area contributed by atoms with E-state index < -0.39 is 5.97 Å². The number of hydrogen-bond acceptors (Lipinski definition) is 5. The van der Waals surface area contributed by atoms with E-state index >= 15 is 0 Å². The summed E-state index contributed by atoms with van der Waals surface area (Å²) in [5, 5.41) is 11.2. The van der Waals surface area contributed by atoms with Crippen LogP contribution in [0.25, 0.3) is 0 Å². The average Bonchev–Trinajstić information content (AvgIpc) is 3.27. The third kappa shape index (κ3) is 4.77. The van der Waals surface area contributed by atoms with Gasteiger partial charge in [-0.15, -0.1) is 11.3 Å². The molecule has 4 rings (SSSR count). The maximum absolute atomic E-state index is 13.5. The third-order valence-corrected chi connectivity index (χ3v) is 6.45. The van der Waals surface area contributed by atoms with E-state index in [0.29, 0.717) is 22.4 Å². The second-order valence-electron chi connectivity index (χ2n) is 7.76. The molecule has 3 aromatic rings. The molecule has 7 heteroatoms. The zero-order chi connectivity index (χ0) is 21.8. The molecule has 1 saturated carbocycles. The van der Waals surface area contributed by atoms with Crippen LogP contribution in [0.4, 0.5) is 5.13 Å². The van der Waals surface area contributed by atoms with Gasteiger partial charge < -0.3 is 9.84 Å². The van der Waals surface area contributed by atoms with Crippen molar-refractivity contribution in [3.8, 4) is 11.5 Å². The summed E-state index contributed by atoms with van der Waals surface area (Å²) in [6.45, 7) is 2.15. The zero-order valence-corrected chi connectivity index (χ0v) is 18.0. The Balaban J connectivity index is 1.61. The van der Waals surface area contributed by atoms with E-state index in [0.717, 1.165) is 31.4 Å². The first-order valence-corrected chi connectivity index (χ1v) is 11.3. The number of benzene rings is 2. The molecule has 0 radical (unpaired) electrons. The Bertz CT molecular complexity index is 1050. The van der Waals surface area contributed by atoms with Crippen LogP contribution >= 0.6 is 11.3 Å². The fourth-order valence-electron chi connectivity index (χ4n) is 3.96. The minimum atomic E-state index is -1.09. The van der Waals surface area contributed by atoms with Gasteiger partial charge in [0, 0.05) is 17.0 Å². The first kappa shape index (κ1) is 21.1. The van der Waals surface area contributed by atoms with Crippen LogP contribution in [0.3, 0.4) is 0 Å². The molecule has 6 nitrogen and oxygen atoms in total. The lowest BCUT2D eigenvalue weighted by Crippen LogP contribution is -2.45. The first-order valence-electron chi connectivity index (χ1n) is 10.4. The van der Waals surface area contributed by atoms with E-state index in [2.05, 4.69) is 11.9 Å². The normalized spacial score (nSPS) is 18.4. The number of nitrogens with zero attached hydrogens (tertiary/aromatic N) is 2. The molecular formula is C24H24N2O4S. The van der Waals surface area contributed by atoms with Gasteiger partial charge >= 0.3 is 5.97 Å².